The fourth-order valence-electron chi connectivity index (χ4n) is 6.26. The topological polar surface area (TPSA) is 270 Å². The number of anilines is 1. The third-order valence-electron chi connectivity index (χ3n) is 9.33. The molecule has 5 heterocycles. The first kappa shape index (κ1) is 44.2. The summed E-state index contributed by atoms with van der Waals surface area (Å²) in [6.07, 6.45) is -8.42. The van der Waals surface area contributed by atoms with E-state index in [9.17, 15) is 28.4 Å². The van der Waals surface area contributed by atoms with Crippen LogP contribution in [-0.2, 0) is 42.5 Å². The Kier molecular flexibility index (Phi) is 13.5. The van der Waals surface area contributed by atoms with Crippen LogP contribution in [0.5, 0.6) is 11.5 Å². The van der Waals surface area contributed by atoms with Crippen LogP contribution < -0.4 is 26.5 Å². The number of carbonyl (C=O) groups is 1. The number of fused-ring (bicyclic) bond motifs is 1. The van der Waals surface area contributed by atoms with E-state index in [2.05, 4.69) is 19.5 Å². The van der Waals surface area contributed by atoms with Gasteiger partial charge in [0.2, 0.25) is 0 Å². The predicted molar refractivity (Wildman–Crippen MR) is 210 cm³/mol. The van der Waals surface area contributed by atoms with E-state index in [1.165, 1.54) is 48.6 Å². The smallest absolute Gasteiger partial charge is 0.472 e. The van der Waals surface area contributed by atoms with Gasteiger partial charge in [-0.3, -0.25) is 37.0 Å². The van der Waals surface area contributed by atoms with Crippen LogP contribution in [-0.4, -0.2) is 98.0 Å². The molecule has 0 spiro atoms. The average molecular weight is 912 g/mol. The molecule has 2 aromatic carbocycles. The Morgan fingerprint density at radius 1 is 0.967 bits per heavy atom. The van der Waals surface area contributed by atoms with Crippen LogP contribution in [0.3, 0.4) is 0 Å². The number of nitrogens with one attached hydrogen (secondary N) is 1. The summed E-state index contributed by atoms with van der Waals surface area (Å²) < 4.78 is 104. The van der Waals surface area contributed by atoms with E-state index in [0.717, 1.165) is 19.4 Å². The molecule has 0 aliphatic carbocycles. The number of ether oxygens (including phenoxy) is 4. The van der Waals surface area contributed by atoms with Gasteiger partial charge >= 0.3 is 26.3 Å². The van der Waals surface area contributed by atoms with Gasteiger partial charge in [-0.25, -0.2) is 42.5 Å². The lowest BCUT2D eigenvalue weighted by atomic mass is 10.1. The Morgan fingerprint density at radius 3 is 2.41 bits per heavy atom. The van der Waals surface area contributed by atoms with Crippen molar-refractivity contribution in [3.8, 4) is 11.5 Å². The molecule has 2 aliphatic heterocycles. The first-order valence-electron chi connectivity index (χ1n) is 18.0. The fraction of sp³-hybridized carbons (Fsp3) is 0.371. The molecule has 4 N–H and O–H groups in total. The van der Waals surface area contributed by atoms with Crippen molar-refractivity contribution >= 4 is 49.0 Å². The van der Waals surface area contributed by atoms with Crippen LogP contribution in [0.25, 0.3) is 11.2 Å². The van der Waals surface area contributed by atoms with Crippen LogP contribution in [0.4, 0.5) is 14.6 Å². The SMILES string of the molecule is COc1ccc(C(=O)Oc2ccc(CSP(=O)(OC[C@@H]3C[C@@H](F)[C@H](n4cnc5c(N)ncnc54)O3)O[C@H]3[C@@H](F)[C@H](n4ccc(=O)[nH]c4=O)O[C@@H]3COP(=O)(O)OC)cc2)cc1. The van der Waals surface area contributed by atoms with Crippen molar-refractivity contribution < 1.29 is 64.6 Å². The number of nitrogens with two attached hydrogens (primary N) is 1. The van der Waals surface area contributed by atoms with Gasteiger partial charge in [-0.1, -0.05) is 12.1 Å². The summed E-state index contributed by atoms with van der Waals surface area (Å²) in [6, 6.07) is 13.3. The molecule has 61 heavy (non-hydrogen) atoms. The van der Waals surface area contributed by atoms with E-state index in [1.54, 1.807) is 24.3 Å². The van der Waals surface area contributed by atoms with Crippen LogP contribution >= 0.6 is 26.0 Å². The molecule has 2 aliphatic rings. The van der Waals surface area contributed by atoms with Gasteiger partial charge in [-0.15, -0.1) is 0 Å². The van der Waals surface area contributed by atoms with Crippen LogP contribution in [0.15, 0.2) is 83.0 Å². The van der Waals surface area contributed by atoms with Crippen molar-refractivity contribution in [3.05, 3.63) is 105 Å². The predicted octanol–water partition coefficient (Wildman–Crippen LogP) is 4.25. The first-order chi connectivity index (χ1) is 29.2. The normalized spacial score (nSPS) is 24.6. The number of imidazole rings is 1. The van der Waals surface area contributed by atoms with Crippen LogP contribution in [0, 0.1) is 0 Å². The monoisotopic (exact) mass is 911 g/mol. The molecule has 26 heteroatoms. The highest BCUT2D eigenvalue weighted by Crippen LogP contribution is 2.64. The van der Waals surface area contributed by atoms with E-state index >= 15 is 8.78 Å². The number of halogens is 2. The minimum Gasteiger partial charge on any atom is -0.497 e. The number of phosphoric ester groups is 1. The number of carbonyl (C=O) groups excluding carboxylic acids is 1. The number of esters is 1. The molecule has 21 nitrogen and oxygen atoms in total. The lowest BCUT2D eigenvalue weighted by Crippen LogP contribution is -2.36. The van der Waals surface area contributed by atoms with Crippen molar-refractivity contribution in [2.24, 2.45) is 0 Å². The van der Waals surface area contributed by atoms with Gasteiger partial charge < -0.3 is 29.6 Å². The molecule has 0 bridgehead atoms. The standard InChI is InChI=1S/C35H37F2N7O14P2S/c1-51-21-9-5-20(6-10-21)34(46)56-22-7-3-19(4-8-22)16-61-60(50,54-14-23-13-24(36)32(55-23)44-18-41-28-30(38)39-17-40-31(28)44)58-29-25(15-53-59(48,49)52-2)57-33(27(29)37)43-12-11-26(45)42-35(43)47/h3-12,17-18,23-25,27,29,32-33H,13-16H2,1-2H3,(H,48,49)(H2,38,39,40)(H,42,45,47)/t23-,24+,25+,27+,29+,32+,33+,60?/m0/s1. The number of phosphoric acid groups is 1. The molecule has 0 radical (unpaired) electrons. The Labute approximate surface area is 347 Å². The second-order valence-corrected chi connectivity index (χ2v) is 18.9. The highest BCUT2D eigenvalue weighted by molar-refractivity contribution is 8.54. The molecule has 326 valence electrons. The van der Waals surface area contributed by atoms with E-state index in [-0.39, 0.29) is 40.5 Å². The number of alkyl halides is 2. The first-order valence-corrected chi connectivity index (χ1v) is 22.7. The summed E-state index contributed by atoms with van der Waals surface area (Å²) >= 11 is 0.593. The summed E-state index contributed by atoms with van der Waals surface area (Å²) in [6.45, 7) is -6.03. The Morgan fingerprint density at radius 2 is 1.70 bits per heavy atom. The molecule has 2 fully saturated rings. The lowest BCUT2D eigenvalue weighted by molar-refractivity contribution is -0.0491. The number of hydrogen-bond donors (Lipinski definition) is 3. The van der Waals surface area contributed by atoms with Gasteiger partial charge in [0.05, 0.1) is 38.3 Å². The zero-order valence-electron chi connectivity index (χ0n) is 31.9. The third-order valence-corrected chi connectivity index (χ3v) is 13.9. The fourth-order valence-corrected chi connectivity index (χ4v) is 10.1. The Bertz CT molecular complexity index is 2570. The summed E-state index contributed by atoms with van der Waals surface area (Å²) in [7, 11) is -2.31. The third kappa shape index (κ3) is 10.3. The summed E-state index contributed by atoms with van der Waals surface area (Å²) in [4.78, 5) is 61.1. The molecule has 9 atom stereocenters. The number of nitrogens with zero attached hydrogens (tertiary/aromatic N) is 5. The van der Waals surface area contributed by atoms with Crippen molar-refractivity contribution in [1.29, 1.82) is 0 Å². The largest absolute Gasteiger partial charge is 0.497 e. The second-order valence-electron chi connectivity index (χ2n) is 13.3. The molecule has 0 saturated carbocycles. The number of rotatable bonds is 17. The maximum absolute atomic E-state index is 16.5. The van der Waals surface area contributed by atoms with Gasteiger partial charge in [-0.05, 0) is 53.3 Å². The van der Waals surface area contributed by atoms with E-state index in [4.69, 9.17) is 38.3 Å². The highest BCUT2D eigenvalue weighted by Gasteiger charge is 2.52. The van der Waals surface area contributed by atoms with E-state index in [0.29, 0.717) is 27.3 Å². The maximum atomic E-state index is 16.5. The summed E-state index contributed by atoms with van der Waals surface area (Å²) in [5.74, 6) is 0.0583. The number of aromatic nitrogens is 6. The van der Waals surface area contributed by atoms with Crippen molar-refractivity contribution in [2.75, 3.05) is 33.2 Å². The molecule has 0 amide bonds. The van der Waals surface area contributed by atoms with E-state index < -0.39 is 88.2 Å². The number of nitrogen functional groups attached to an aromatic ring is 1. The van der Waals surface area contributed by atoms with Crippen molar-refractivity contribution in [3.63, 3.8) is 0 Å². The van der Waals surface area contributed by atoms with Gasteiger partial charge in [0.1, 0.15) is 41.7 Å². The minimum atomic E-state index is -4.69. The van der Waals surface area contributed by atoms with Crippen molar-refractivity contribution in [1.82, 2.24) is 29.1 Å². The minimum absolute atomic E-state index is 0.0684. The molecule has 3 aromatic heterocycles. The molecule has 7 rings (SSSR count). The van der Waals surface area contributed by atoms with E-state index in [1.807, 2.05) is 4.98 Å². The van der Waals surface area contributed by atoms with Crippen LogP contribution in [0.2, 0.25) is 0 Å². The number of hydrogen-bond acceptors (Lipinski definition) is 18. The summed E-state index contributed by atoms with van der Waals surface area (Å²) in [5.41, 5.74) is 5.24. The Balaban J connectivity index is 1.11. The average Bonchev–Trinajstić information content (AvgIpc) is 3.94. The summed E-state index contributed by atoms with van der Waals surface area (Å²) in [5, 5.41) is 0. The maximum Gasteiger partial charge on any atom is 0.472 e. The molecule has 2 unspecified atom stereocenters. The number of H-pyrrole nitrogens is 1. The van der Waals surface area contributed by atoms with Crippen LogP contribution in [0.1, 0.15) is 34.8 Å². The lowest BCUT2D eigenvalue weighted by Gasteiger charge is -2.26. The number of benzene rings is 2. The number of methoxy groups -OCH3 is 1. The van der Waals surface area contributed by atoms with Gasteiger partial charge in [0.25, 0.3) is 5.56 Å². The zero-order valence-corrected chi connectivity index (χ0v) is 34.5. The Hall–Kier alpha value is -4.87. The zero-order chi connectivity index (χ0) is 43.5. The molecular formula is C35H37F2N7O14P2S. The molecular weight excluding hydrogens is 874 g/mol. The van der Waals surface area contributed by atoms with Gasteiger partial charge in [0.15, 0.2) is 30.1 Å². The number of aromatic amines is 1. The van der Waals surface area contributed by atoms with Gasteiger partial charge in [-0.2, -0.15) is 0 Å². The van der Waals surface area contributed by atoms with Crippen molar-refractivity contribution in [2.45, 2.75) is 55.3 Å². The highest BCUT2D eigenvalue weighted by atomic mass is 32.7. The quantitative estimate of drug-likeness (QED) is 0.0668. The molecule has 2 saturated heterocycles. The second kappa shape index (κ2) is 18.6. The molecule has 5 aromatic rings. The van der Waals surface area contributed by atoms with Gasteiger partial charge in [0, 0.05) is 31.5 Å².